The summed E-state index contributed by atoms with van der Waals surface area (Å²) in [5.41, 5.74) is -1.70. The van der Waals surface area contributed by atoms with Crippen LogP contribution in [0.4, 0.5) is 28.9 Å². The molecule has 45 heavy (non-hydrogen) atoms. The molecule has 5 aromatic rings. The molecule has 0 radical (unpaired) electrons. The van der Waals surface area contributed by atoms with Crippen LogP contribution in [-0.2, 0) is 11.3 Å². The van der Waals surface area contributed by atoms with Gasteiger partial charge in [-0.3, -0.25) is 19.0 Å². The smallest absolute Gasteiger partial charge is 0.335 e. The van der Waals surface area contributed by atoms with Gasteiger partial charge in [-0.1, -0.05) is 0 Å². The van der Waals surface area contributed by atoms with Crippen molar-refractivity contribution >= 4 is 28.7 Å². The van der Waals surface area contributed by atoms with Crippen molar-refractivity contribution in [2.45, 2.75) is 25.8 Å². The number of hydrogen-bond donors (Lipinski definition) is 1. The summed E-state index contributed by atoms with van der Waals surface area (Å²) in [4.78, 5) is 52.3. The fourth-order valence-electron chi connectivity index (χ4n) is 4.90. The van der Waals surface area contributed by atoms with E-state index < -0.39 is 52.6 Å². The van der Waals surface area contributed by atoms with E-state index in [4.69, 9.17) is 4.74 Å². The Morgan fingerprint density at radius 3 is 2.40 bits per heavy atom. The molecular formula is C30H22F4N6O5. The monoisotopic (exact) mass is 622 g/mol. The minimum atomic E-state index is -3.51. The zero-order valence-electron chi connectivity index (χ0n) is 23.3. The first-order valence-electron chi connectivity index (χ1n) is 13.5. The number of halogens is 4. The first kappa shape index (κ1) is 29.3. The fourth-order valence-corrected chi connectivity index (χ4v) is 4.90. The molecule has 0 spiro atoms. The molecule has 0 atom stereocenters. The molecule has 0 saturated carbocycles. The van der Waals surface area contributed by atoms with Gasteiger partial charge in [0.1, 0.15) is 16.9 Å². The molecular weight excluding hydrogens is 600 g/mol. The molecule has 0 unspecified atom stereocenters. The van der Waals surface area contributed by atoms with Gasteiger partial charge < -0.3 is 15.0 Å². The molecule has 4 heterocycles. The third-order valence-electron chi connectivity index (χ3n) is 7.21. The predicted octanol–water partition coefficient (Wildman–Crippen LogP) is 4.36. The van der Waals surface area contributed by atoms with Gasteiger partial charge in [0, 0.05) is 43.5 Å². The highest BCUT2D eigenvalue weighted by molar-refractivity contribution is 6.04. The lowest BCUT2D eigenvalue weighted by atomic mass is 10.2. The quantitative estimate of drug-likeness (QED) is 0.270. The maximum Gasteiger partial charge on any atom is 0.335 e. The molecule has 11 nitrogen and oxygen atoms in total. The number of carbonyl (C=O) groups excluding carboxylic acids is 2. The van der Waals surface area contributed by atoms with Crippen LogP contribution < -0.4 is 26.2 Å². The lowest BCUT2D eigenvalue weighted by Crippen LogP contribution is -2.42. The predicted molar refractivity (Wildman–Crippen MR) is 153 cm³/mol. The number of benzene rings is 2. The molecule has 3 aromatic heterocycles. The van der Waals surface area contributed by atoms with Gasteiger partial charge in [-0.15, -0.1) is 0 Å². The summed E-state index contributed by atoms with van der Waals surface area (Å²) in [6.07, 6.45) is 3.22. The molecule has 230 valence electrons. The van der Waals surface area contributed by atoms with Gasteiger partial charge in [0.25, 0.3) is 17.4 Å². The van der Waals surface area contributed by atoms with E-state index in [1.807, 2.05) is 0 Å². The first-order valence-corrected chi connectivity index (χ1v) is 13.5. The highest BCUT2D eigenvalue weighted by Crippen LogP contribution is 2.37. The summed E-state index contributed by atoms with van der Waals surface area (Å²) in [6.45, 7) is 1.51. The second kappa shape index (κ2) is 11.1. The topological polar surface area (TPSA) is 120 Å². The van der Waals surface area contributed by atoms with Crippen LogP contribution in [0, 0.1) is 11.6 Å². The number of anilines is 2. The van der Waals surface area contributed by atoms with E-state index in [0.717, 1.165) is 38.4 Å². The molecule has 0 bridgehead atoms. The summed E-state index contributed by atoms with van der Waals surface area (Å²) in [7, 11) is 0. The molecule has 2 amide bonds. The van der Waals surface area contributed by atoms with Crippen LogP contribution in [0.5, 0.6) is 11.5 Å². The number of nitrogens with zero attached hydrogens (tertiary/aromatic N) is 5. The van der Waals surface area contributed by atoms with Crippen molar-refractivity contribution in [3.8, 4) is 17.2 Å². The van der Waals surface area contributed by atoms with Crippen molar-refractivity contribution in [1.82, 2.24) is 18.7 Å². The largest absolute Gasteiger partial charge is 0.452 e. The standard InChI is InChI=1S/C30H22F4N6O5/c1-2-37-16-21(27(42)40(29(37)44)19-6-3-17(31)4-7-19)26(41)36-18-5-8-24(22(32)13-18)45-25-14-20(15-39-23(25)9-11-35-39)38-12-10-30(33,34)28(38)43/h3-9,11,13-16H,2,10,12H2,1H3,(H,36,41). The number of fused-ring (bicyclic) bond motifs is 1. The number of aryl methyl sites for hydroxylation is 1. The Morgan fingerprint density at radius 1 is 0.978 bits per heavy atom. The zero-order valence-corrected chi connectivity index (χ0v) is 23.3. The van der Waals surface area contributed by atoms with Gasteiger partial charge >= 0.3 is 11.6 Å². The summed E-state index contributed by atoms with van der Waals surface area (Å²) < 4.78 is 65.4. The molecule has 1 saturated heterocycles. The number of amides is 2. The van der Waals surface area contributed by atoms with Gasteiger partial charge in [-0.25, -0.2) is 22.7 Å². The van der Waals surface area contributed by atoms with Crippen molar-refractivity contribution in [2.75, 3.05) is 16.8 Å². The summed E-state index contributed by atoms with van der Waals surface area (Å²) in [6, 6.07) is 10.9. The molecule has 15 heteroatoms. The summed E-state index contributed by atoms with van der Waals surface area (Å²) in [5, 5.41) is 6.49. The Balaban J connectivity index is 1.28. The third kappa shape index (κ3) is 5.32. The number of hydrogen-bond acceptors (Lipinski definition) is 6. The Hall–Kier alpha value is -5.73. The van der Waals surface area contributed by atoms with E-state index in [2.05, 4.69) is 10.4 Å². The number of alkyl halides is 2. The number of pyridine rings is 1. The van der Waals surface area contributed by atoms with Gasteiger partial charge in [-0.2, -0.15) is 13.9 Å². The number of nitrogens with one attached hydrogen (secondary N) is 1. The fraction of sp³-hybridized carbons (Fsp3) is 0.167. The first-order chi connectivity index (χ1) is 21.5. The molecule has 2 aromatic carbocycles. The number of aromatic nitrogens is 4. The van der Waals surface area contributed by atoms with Crippen LogP contribution in [0.15, 0.2) is 82.8 Å². The minimum Gasteiger partial charge on any atom is -0.452 e. The maximum atomic E-state index is 15.2. The Labute approximate surface area is 250 Å². The van der Waals surface area contributed by atoms with Crippen molar-refractivity contribution in [3.63, 3.8) is 0 Å². The van der Waals surface area contributed by atoms with Crippen LogP contribution in [-0.4, -0.2) is 43.0 Å². The van der Waals surface area contributed by atoms with Crippen LogP contribution in [0.25, 0.3) is 11.2 Å². The highest BCUT2D eigenvalue weighted by atomic mass is 19.3. The SMILES string of the molecule is CCn1cc(C(=O)Nc2ccc(Oc3cc(N4CCC(F)(F)C4=O)cn4nccc34)c(F)c2)c(=O)n(-c2ccc(F)cc2)c1=O. The molecule has 1 N–H and O–H groups in total. The van der Waals surface area contributed by atoms with E-state index in [1.54, 1.807) is 13.0 Å². The Kier molecular flexibility index (Phi) is 7.22. The molecule has 0 aliphatic carbocycles. The van der Waals surface area contributed by atoms with Gasteiger partial charge in [0.15, 0.2) is 17.3 Å². The molecule has 6 rings (SSSR count). The second-order valence-corrected chi connectivity index (χ2v) is 10.1. The summed E-state index contributed by atoms with van der Waals surface area (Å²) >= 11 is 0. The highest BCUT2D eigenvalue weighted by Gasteiger charge is 2.48. The van der Waals surface area contributed by atoms with E-state index in [0.29, 0.717) is 5.52 Å². The van der Waals surface area contributed by atoms with Crippen LogP contribution in [0.2, 0.25) is 0 Å². The van der Waals surface area contributed by atoms with Gasteiger partial charge in [0.05, 0.1) is 23.8 Å². The number of rotatable bonds is 7. The van der Waals surface area contributed by atoms with Crippen LogP contribution in [0.3, 0.4) is 0 Å². The summed E-state index contributed by atoms with van der Waals surface area (Å²) in [5.74, 6) is -7.61. The number of carbonyl (C=O) groups is 2. The third-order valence-corrected chi connectivity index (χ3v) is 7.21. The average molecular weight is 623 g/mol. The molecule has 1 aliphatic heterocycles. The average Bonchev–Trinajstić information content (AvgIpc) is 3.59. The van der Waals surface area contributed by atoms with E-state index in [-0.39, 0.29) is 41.7 Å². The zero-order chi connectivity index (χ0) is 32.0. The van der Waals surface area contributed by atoms with Crippen molar-refractivity contribution in [1.29, 1.82) is 0 Å². The Morgan fingerprint density at radius 2 is 1.73 bits per heavy atom. The van der Waals surface area contributed by atoms with E-state index >= 15 is 4.39 Å². The van der Waals surface area contributed by atoms with Crippen LogP contribution >= 0.6 is 0 Å². The second-order valence-electron chi connectivity index (χ2n) is 10.1. The normalized spacial score (nSPS) is 14.2. The molecule has 1 aliphatic rings. The van der Waals surface area contributed by atoms with Gasteiger partial charge in [0.2, 0.25) is 0 Å². The van der Waals surface area contributed by atoms with E-state index in [9.17, 15) is 32.3 Å². The van der Waals surface area contributed by atoms with Crippen molar-refractivity contribution in [2.24, 2.45) is 0 Å². The minimum absolute atomic E-state index is 0.0202. The van der Waals surface area contributed by atoms with Crippen LogP contribution in [0.1, 0.15) is 23.7 Å². The van der Waals surface area contributed by atoms with Crippen molar-refractivity contribution < 1.29 is 31.9 Å². The Bertz CT molecular complexity index is 2110. The lowest BCUT2D eigenvalue weighted by molar-refractivity contribution is -0.137. The molecule has 1 fully saturated rings. The number of ether oxygens (including phenoxy) is 1. The van der Waals surface area contributed by atoms with E-state index in [1.165, 1.54) is 47.2 Å². The lowest BCUT2D eigenvalue weighted by Gasteiger charge is -2.18. The van der Waals surface area contributed by atoms with Crippen molar-refractivity contribution in [3.05, 3.63) is 111 Å². The maximum absolute atomic E-state index is 15.2. The van der Waals surface area contributed by atoms with Gasteiger partial charge in [-0.05, 0) is 49.4 Å².